The largest absolute Gasteiger partial charge is 0.395 e. The second kappa shape index (κ2) is 5.82. The molecule has 0 saturated carbocycles. The minimum atomic E-state index is -0.0929. The first-order chi connectivity index (χ1) is 7.13. The first-order valence-electron chi connectivity index (χ1n) is 4.95. The number of thiazole rings is 1. The molecule has 15 heavy (non-hydrogen) atoms. The molecule has 0 aliphatic heterocycles. The number of nitrogens with zero attached hydrogens (tertiary/aromatic N) is 1. The lowest BCUT2D eigenvalue weighted by Gasteiger charge is -2.00. The fourth-order valence-electron chi connectivity index (χ4n) is 1.09. The smallest absolute Gasteiger partial charge is 0.226 e. The van der Waals surface area contributed by atoms with E-state index in [9.17, 15) is 4.79 Å². The molecule has 0 atom stereocenters. The summed E-state index contributed by atoms with van der Waals surface area (Å²) < 4.78 is 0. The number of nitrogens with one attached hydrogen (secondary N) is 1. The van der Waals surface area contributed by atoms with Crippen LogP contribution in [0.3, 0.4) is 0 Å². The highest BCUT2D eigenvalue weighted by molar-refractivity contribution is 7.09. The van der Waals surface area contributed by atoms with E-state index in [0.717, 1.165) is 10.7 Å². The Morgan fingerprint density at radius 1 is 1.67 bits per heavy atom. The van der Waals surface area contributed by atoms with Crippen molar-refractivity contribution < 1.29 is 9.90 Å². The van der Waals surface area contributed by atoms with Crippen LogP contribution in [0.15, 0.2) is 5.38 Å². The predicted octanol–water partition coefficient (Wildman–Crippen LogP) is 0.917. The van der Waals surface area contributed by atoms with Gasteiger partial charge in [-0.1, -0.05) is 13.8 Å². The highest BCUT2D eigenvalue weighted by Crippen LogP contribution is 2.19. The van der Waals surface area contributed by atoms with Crippen molar-refractivity contribution >= 4 is 17.2 Å². The van der Waals surface area contributed by atoms with Gasteiger partial charge in [-0.15, -0.1) is 11.3 Å². The maximum atomic E-state index is 11.3. The van der Waals surface area contributed by atoms with Crippen LogP contribution in [0.4, 0.5) is 0 Å². The van der Waals surface area contributed by atoms with Gasteiger partial charge in [0.2, 0.25) is 5.91 Å². The van der Waals surface area contributed by atoms with Crippen LogP contribution in [0.25, 0.3) is 0 Å². The summed E-state index contributed by atoms with van der Waals surface area (Å²) >= 11 is 1.58. The van der Waals surface area contributed by atoms with Gasteiger partial charge in [0.25, 0.3) is 0 Å². The molecule has 0 spiro atoms. The van der Waals surface area contributed by atoms with Crippen molar-refractivity contribution in [1.82, 2.24) is 10.3 Å². The lowest BCUT2D eigenvalue weighted by Crippen LogP contribution is -2.27. The number of amides is 1. The van der Waals surface area contributed by atoms with Crippen molar-refractivity contribution in [2.24, 2.45) is 0 Å². The van der Waals surface area contributed by atoms with Gasteiger partial charge in [-0.25, -0.2) is 4.98 Å². The standard InChI is InChI=1S/C10H16N2O2S/c1-7(2)10-12-8(6-15-10)5-9(14)11-3-4-13/h6-7,13H,3-5H2,1-2H3,(H,11,14). The van der Waals surface area contributed by atoms with Gasteiger partial charge in [0.05, 0.1) is 23.7 Å². The summed E-state index contributed by atoms with van der Waals surface area (Å²) in [5.41, 5.74) is 0.805. The Morgan fingerprint density at radius 2 is 2.40 bits per heavy atom. The summed E-state index contributed by atoms with van der Waals surface area (Å²) in [5, 5.41) is 14.1. The van der Waals surface area contributed by atoms with Gasteiger partial charge in [0, 0.05) is 17.8 Å². The van der Waals surface area contributed by atoms with Crippen LogP contribution < -0.4 is 5.32 Å². The molecule has 0 aliphatic rings. The van der Waals surface area contributed by atoms with Gasteiger partial charge in [-0.2, -0.15) is 0 Å². The summed E-state index contributed by atoms with van der Waals surface area (Å²) in [7, 11) is 0. The third kappa shape index (κ3) is 3.97. The zero-order valence-electron chi connectivity index (χ0n) is 8.99. The van der Waals surface area contributed by atoms with E-state index in [0.29, 0.717) is 18.9 Å². The Morgan fingerprint density at radius 3 is 2.93 bits per heavy atom. The third-order valence-corrected chi connectivity index (χ3v) is 3.03. The number of rotatable bonds is 5. The van der Waals surface area contributed by atoms with E-state index < -0.39 is 0 Å². The number of hydrogen-bond acceptors (Lipinski definition) is 4. The monoisotopic (exact) mass is 228 g/mol. The number of carbonyl (C=O) groups excluding carboxylic acids is 1. The van der Waals surface area contributed by atoms with Gasteiger partial charge in [0.15, 0.2) is 0 Å². The molecule has 1 rings (SSSR count). The van der Waals surface area contributed by atoms with E-state index in [1.807, 2.05) is 5.38 Å². The molecule has 0 aliphatic carbocycles. The Hall–Kier alpha value is -0.940. The molecule has 0 saturated heterocycles. The van der Waals surface area contributed by atoms with Gasteiger partial charge in [-0.3, -0.25) is 4.79 Å². The molecule has 1 aromatic rings. The quantitative estimate of drug-likeness (QED) is 0.787. The van der Waals surface area contributed by atoms with Gasteiger partial charge >= 0.3 is 0 Å². The van der Waals surface area contributed by atoms with Crippen LogP contribution >= 0.6 is 11.3 Å². The molecular formula is C10H16N2O2S. The molecule has 0 bridgehead atoms. The predicted molar refractivity (Wildman–Crippen MR) is 60.0 cm³/mol. The molecule has 0 radical (unpaired) electrons. The summed E-state index contributed by atoms with van der Waals surface area (Å²) in [6, 6.07) is 0. The zero-order chi connectivity index (χ0) is 11.3. The van der Waals surface area contributed by atoms with E-state index in [-0.39, 0.29) is 12.5 Å². The van der Waals surface area contributed by atoms with Crippen LogP contribution in [-0.4, -0.2) is 29.1 Å². The average Bonchev–Trinajstić information content (AvgIpc) is 2.63. The fourth-order valence-corrected chi connectivity index (χ4v) is 1.93. The highest BCUT2D eigenvalue weighted by atomic mass is 32.1. The number of aromatic nitrogens is 1. The van der Waals surface area contributed by atoms with E-state index in [2.05, 4.69) is 24.1 Å². The van der Waals surface area contributed by atoms with Gasteiger partial charge in [0.1, 0.15) is 0 Å². The Labute approximate surface area is 93.4 Å². The van der Waals surface area contributed by atoms with Crippen LogP contribution in [-0.2, 0) is 11.2 Å². The first kappa shape index (κ1) is 12.1. The van der Waals surface area contributed by atoms with Crippen molar-refractivity contribution in [2.75, 3.05) is 13.2 Å². The molecular weight excluding hydrogens is 212 g/mol. The van der Waals surface area contributed by atoms with Crippen molar-refractivity contribution in [1.29, 1.82) is 0 Å². The summed E-state index contributed by atoms with van der Waals surface area (Å²) in [5.74, 6) is 0.314. The van der Waals surface area contributed by atoms with Gasteiger partial charge in [-0.05, 0) is 0 Å². The Bertz CT molecular complexity index is 323. The van der Waals surface area contributed by atoms with Crippen LogP contribution in [0.5, 0.6) is 0 Å². The topological polar surface area (TPSA) is 62.2 Å². The molecule has 0 unspecified atom stereocenters. The third-order valence-electron chi connectivity index (χ3n) is 1.84. The van der Waals surface area contributed by atoms with Crippen LogP contribution in [0.1, 0.15) is 30.5 Å². The van der Waals surface area contributed by atoms with E-state index in [4.69, 9.17) is 5.11 Å². The van der Waals surface area contributed by atoms with Crippen molar-refractivity contribution in [3.8, 4) is 0 Å². The van der Waals surface area contributed by atoms with Gasteiger partial charge < -0.3 is 10.4 Å². The van der Waals surface area contributed by atoms with E-state index >= 15 is 0 Å². The molecule has 4 nitrogen and oxygen atoms in total. The average molecular weight is 228 g/mol. The molecule has 0 aromatic carbocycles. The molecule has 84 valence electrons. The lowest BCUT2D eigenvalue weighted by molar-refractivity contribution is -0.120. The highest BCUT2D eigenvalue weighted by Gasteiger charge is 2.08. The minimum absolute atomic E-state index is 0.0277. The zero-order valence-corrected chi connectivity index (χ0v) is 9.80. The van der Waals surface area contributed by atoms with Crippen molar-refractivity contribution in [3.63, 3.8) is 0 Å². The number of aliphatic hydroxyl groups is 1. The van der Waals surface area contributed by atoms with Crippen LogP contribution in [0.2, 0.25) is 0 Å². The summed E-state index contributed by atoms with van der Waals surface area (Å²) in [6.07, 6.45) is 0.295. The maximum absolute atomic E-state index is 11.3. The first-order valence-corrected chi connectivity index (χ1v) is 5.83. The molecule has 1 aromatic heterocycles. The van der Waals surface area contributed by atoms with Crippen molar-refractivity contribution in [2.45, 2.75) is 26.2 Å². The van der Waals surface area contributed by atoms with E-state index in [1.165, 1.54) is 0 Å². The van der Waals surface area contributed by atoms with Crippen LogP contribution in [0, 0.1) is 0 Å². The van der Waals surface area contributed by atoms with E-state index in [1.54, 1.807) is 11.3 Å². The summed E-state index contributed by atoms with van der Waals surface area (Å²) in [6.45, 7) is 4.43. The second-order valence-corrected chi connectivity index (χ2v) is 4.47. The Balaban J connectivity index is 2.46. The molecule has 5 heteroatoms. The summed E-state index contributed by atoms with van der Waals surface area (Å²) in [4.78, 5) is 15.6. The SMILES string of the molecule is CC(C)c1nc(CC(=O)NCCO)cs1. The second-order valence-electron chi connectivity index (χ2n) is 3.58. The number of carbonyl (C=O) groups is 1. The molecule has 2 N–H and O–H groups in total. The molecule has 0 fully saturated rings. The maximum Gasteiger partial charge on any atom is 0.226 e. The van der Waals surface area contributed by atoms with Crippen molar-refractivity contribution in [3.05, 3.63) is 16.1 Å². The Kier molecular flexibility index (Phi) is 4.71. The molecule has 1 heterocycles. The number of aliphatic hydroxyl groups excluding tert-OH is 1. The molecule has 1 amide bonds. The number of hydrogen-bond donors (Lipinski definition) is 2. The normalized spacial score (nSPS) is 10.7. The fraction of sp³-hybridized carbons (Fsp3) is 0.600. The minimum Gasteiger partial charge on any atom is -0.395 e. The lowest BCUT2D eigenvalue weighted by atomic mass is 10.2.